The second kappa shape index (κ2) is 7.31. The molecule has 0 radical (unpaired) electrons. The number of rotatable bonds is 4. The van der Waals surface area contributed by atoms with Gasteiger partial charge in [-0.05, 0) is 24.5 Å². The zero-order chi connectivity index (χ0) is 17.0. The SMILES string of the molecule is CN(C(=O)CO)C1CCN(Cc2cccc(C(F)(F)F)c2)CC1. The Hall–Kier alpha value is -1.60. The highest BCUT2D eigenvalue weighted by molar-refractivity contribution is 5.77. The van der Waals surface area contributed by atoms with Gasteiger partial charge in [-0.1, -0.05) is 18.2 Å². The van der Waals surface area contributed by atoms with Gasteiger partial charge in [0.1, 0.15) is 6.61 Å². The molecule has 0 atom stereocenters. The second-order valence-corrected chi connectivity index (χ2v) is 5.87. The number of aliphatic hydroxyl groups is 1. The maximum Gasteiger partial charge on any atom is 0.416 e. The van der Waals surface area contributed by atoms with Gasteiger partial charge in [0.25, 0.3) is 0 Å². The average molecular weight is 330 g/mol. The molecule has 0 bridgehead atoms. The lowest BCUT2D eigenvalue weighted by Crippen LogP contribution is -2.46. The number of carbonyl (C=O) groups is 1. The van der Waals surface area contributed by atoms with Crippen LogP contribution in [-0.2, 0) is 17.5 Å². The van der Waals surface area contributed by atoms with Gasteiger partial charge < -0.3 is 10.0 Å². The quantitative estimate of drug-likeness (QED) is 0.920. The largest absolute Gasteiger partial charge is 0.416 e. The number of nitrogens with zero attached hydrogens (tertiary/aromatic N) is 2. The van der Waals surface area contributed by atoms with Gasteiger partial charge in [0.2, 0.25) is 5.91 Å². The second-order valence-electron chi connectivity index (χ2n) is 5.87. The highest BCUT2D eigenvalue weighted by Crippen LogP contribution is 2.30. The van der Waals surface area contributed by atoms with E-state index in [0.717, 1.165) is 18.9 Å². The van der Waals surface area contributed by atoms with Gasteiger partial charge in [-0.3, -0.25) is 9.69 Å². The lowest BCUT2D eigenvalue weighted by molar-refractivity contribution is -0.137. The highest BCUT2D eigenvalue weighted by Gasteiger charge is 2.30. The van der Waals surface area contributed by atoms with Crippen molar-refractivity contribution < 1.29 is 23.1 Å². The zero-order valence-corrected chi connectivity index (χ0v) is 13.0. The molecular formula is C16H21F3N2O2. The normalized spacial score (nSPS) is 17.3. The van der Waals surface area contributed by atoms with Crippen LogP contribution in [0.1, 0.15) is 24.0 Å². The molecule has 2 rings (SSSR count). The van der Waals surface area contributed by atoms with Crippen molar-refractivity contribution in [2.75, 3.05) is 26.7 Å². The van der Waals surface area contributed by atoms with E-state index in [1.807, 2.05) is 0 Å². The molecule has 0 saturated carbocycles. The van der Waals surface area contributed by atoms with E-state index in [9.17, 15) is 18.0 Å². The van der Waals surface area contributed by atoms with Crippen molar-refractivity contribution in [1.29, 1.82) is 0 Å². The van der Waals surface area contributed by atoms with Gasteiger partial charge in [0.15, 0.2) is 0 Å². The van der Waals surface area contributed by atoms with Crippen LogP contribution >= 0.6 is 0 Å². The molecule has 128 valence electrons. The fourth-order valence-electron chi connectivity index (χ4n) is 2.88. The minimum Gasteiger partial charge on any atom is -0.387 e. The summed E-state index contributed by atoms with van der Waals surface area (Å²) in [6, 6.07) is 5.47. The summed E-state index contributed by atoms with van der Waals surface area (Å²) in [5.74, 6) is -0.304. The molecule has 1 saturated heterocycles. The van der Waals surface area contributed by atoms with Crippen molar-refractivity contribution in [3.05, 3.63) is 35.4 Å². The summed E-state index contributed by atoms with van der Waals surface area (Å²) >= 11 is 0. The summed E-state index contributed by atoms with van der Waals surface area (Å²) in [5.41, 5.74) is 0.0104. The number of carbonyl (C=O) groups excluding carboxylic acids is 1. The summed E-state index contributed by atoms with van der Waals surface area (Å²) in [6.45, 7) is 1.39. The number of alkyl halides is 3. The molecule has 7 heteroatoms. The topological polar surface area (TPSA) is 43.8 Å². The van der Waals surface area contributed by atoms with Gasteiger partial charge in [-0.2, -0.15) is 13.2 Å². The van der Waals surface area contributed by atoms with Gasteiger partial charge in [0.05, 0.1) is 5.56 Å². The van der Waals surface area contributed by atoms with E-state index in [0.29, 0.717) is 25.2 Å². The number of aliphatic hydroxyl groups excluding tert-OH is 1. The predicted molar refractivity (Wildman–Crippen MR) is 79.6 cm³/mol. The summed E-state index contributed by atoms with van der Waals surface area (Å²) in [7, 11) is 1.67. The maximum atomic E-state index is 12.7. The molecule has 1 heterocycles. The average Bonchev–Trinajstić information content (AvgIpc) is 2.53. The van der Waals surface area contributed by atoms with E-state index in [4.69, 9.17) is 5.11 Å². The van der Waals surface area contributed by atoms with E-state index >= 15 is 0 Å². The molecule has 4 nitrogen and oxygen atoms in total. The van der Waals surface area contributed by atoms with E-state index in [2.05, 4.69) is 4.90 Å². The standard InChI is InChI=1S/C16H21F3N2O2/c1-20(15(23)11-22)14-5-7-21(8-6-14)10-12-3-2-4-13(9-12)16(17,18)19/h2-4,9,14,22H,5-8,10-11H2,1H3. The molecule has 1 aliphatic heterocycles. The number of amides is 1. The first-order valence-corrected chi connectivity index (χ1v) is 7.56. The first-order chi connectivity index (χ1) is 10.8. The first kappa shape index (κ1) is 17.7. The Morgan fingerprint density at radius 3 is 2.57 bits per heavy atom. The van der Waals surface area contributed by atoms with Crippen molar-refractivity contribution in [2.24, 2.45) is 0 Å². The Bertz CT molecular complexity index is 540. The van der Waals surface area contributed by atoms with Crippen molar-refractivity contribution in [3.63, 3.8) is 0 Å². The molecule has 1 aliphatic rings. The minimum absolute atomic E-state index is 0.0763. The van der Waals surface area contributed by atoms with Crippen molar-refractivity contribution >= 4 is 5.91 Å². The number of hydrogen-bond acceptors (Lipinski definition) is 3. The van der Waals surface area contributed by atoms with Crippen LogP contribution in [0, 0.1) is 0 Å². The lowest BCUT2D eigenvalue weighted by atomic mass is 10.0. The third-order valence-electron chi connectivity index (χ3n) is 4.29. The summed E-state index contributed by atoms with van der Waals surface area (Å²) in [4.78, 5) is 15.1. The van der Waals surface area contributed by atoms with Crippen molar-refractivity contribution in [2.45, 2.75) is 31.6 Å². The van der Waals surface area contributed by atoms with Crippen LogP contribution in [0.15, 0.2) is 24.3 Å². The number of benzene rings is 1. The molecule has 0 spiro atoms. The van der Waals surface area contributed by atoms with Crippen LogP contribution in [0.4, 0.5) is 13.2 Å². The third-order valence-corrected chi connectivity index (χ3v) is 4.29. The van der Waals surface area contributed by atoms with Gasteiger partial charge in [0, 0.05) is 32.7 Å². The molecule has 1 fully saturated rings. The van der Waals surface area contributed by atoms with Gasteiger partial charge in [-0.25, -0.2) is 0 Å². The van der Waals surface area contributed by atoms with Gasteiger partial charge in [-0.15, -0.1) is 0 Å². The Balaban J connectivity index is 1.91. The van der Waals surface area contributed by atoms with Crippen LogP contribution in [0.5, 0.6) is 0 Å². The Kier molecular flexibility index (Phi) is 5.64. The smallest absolute Gasteiger partial charge is 0.387 e. The van der Waals surface area contributed by atoms with E-state index in [1.54, 1.807) is 18.0 Å². The van der Waals surface area contributed by atoms with Gasteiger partial charge >= 0.3 is 6.18 Å². The van der Waals surface area contributed by atoms with E-state index < -0.39 is 18.3 Å². The number of hydrogen-bond donors (Lipinski definition) is 1. The molecular weight excluding hydrogens is 309 g/mol. The molecule has 1 N–H and O–H groups in total. The molecule has 1 aromatic carbocycles. The van der Waals surface area contributed by atoms with Crippen LogP contribution < -0.4 is 0 Å². The van der Waals surface area contributed by atoms with Crippen molar-refractivity contribution in [3.8, 4) is 0 Å². The summed E-state index contributed by atoms with van der Waals surface area (Å²) < 4.78 is 38.2. The van der Waals surface area contributed by atoms with Crippen molar-refractivity contribution in [1.82, 2.24) is 9.80 Å². The monoisotopic (exact) mass is 330 g/mol. The number of piperidine rings is 1. The Labute approximate surface area is 133 Å². The summed E-state index contributed by atoms with van der Waals surface area (Å²) in [5, 5.41) is 8.88. The highest BCUT2D eigenvalue weighted by atomic mass is 19.4. The van der Waals surface area contributed by atoms with Crippen LogP contribution in [0.3, 0.4) is 0 Å². The van der Waals surface area contributed by atoms with E-state index in [-0.39, 0.29) is 11.9 Å². The fraction of sp³-hybridized carbons (Fsp3) is 0.562. The number of halogens is 3. The van der Waals surface area contributed by atoms with E-state index in [1.165, 1.54) is 12.1 Å². The van der Waals surface area contributed by atoms with Crippen LogP contribution in [0.2, 0.25) is 0 Å². The molecule has 0 aromatic heterocycles. The predicted octanol–water partition coefficient (Wildman–Crippen LogP) is 2.12. The lowest BCUT2D eigenvalue weighted by Gasteiger charge is -2.36. The first-order valence-electron chi connectivity index (χ1n) is 7.56. The Morgan fingerprint density at radius 2 is 2.00 bits per heavy atom. The third kappa shape index (κ3) is 4.68. The number of likely N-dealkylation sites (tertiary alicyclic amines) is 1. The Morgan fingerprint density at radius 1 is 1.35 bits per heavy atom. The minimum atomic E-state index is -4.32. The molecule has 0 unspecified atom stereocenters. The zero-order valence-electron chi connectivity index (χ0n) is 13.0. The molecule has 1 amide bonds. The molecule has 0 aliphatic carbocycles. The van der Waals surface area contributed by atoms with Crippen LogP contribution in [-0.4, -0.2) is 53.6 Å². The molecule has 1 aromatic rings. The molecule has 23 heavy (non-hydrogen) atoms. The van der Waals surface area contributed by atoms with Crippen LogP contribution in [0.25, 0.3) is 0 Å². The number of likely N-dealkylation sites (N-methyl/N-ethyl adjacent to an activating group) is 1. The fourth-order valence-corrected chi connectivity index (χ4v) is 2.88. The summed E-state index contributed by atoms with van der Waals surface area (Å²) in [6.07, 6.45) is -2.82. The maximum absolute atomic E-state index is 12.7.